The first-order valence-electron chi connectivity index (χ1n) is 16.7. The zero-order valence-corrected chi connectivity index (χ0v) is 29.1. The summed E-state index contributed by atoms with van der Waals surface area (Å²) in [7, 11) is 1.86. The van der Waals surface area contributed by atoms with Crippen LogP contribution in [0, 0.1) is 0 Å². The van der Waals surface area contributed by atoms with Crippen molar-refractivity contribution in [3.63, 3.8) is 0 Å². The minimum absolute atomic E-state index is 0.0518. The number of hydrogen-bond acceptors (Lipinski definition) is 5. The average molecular weight is 607 g/mol. The van der Waals surface area contributed by atoms with Crippen LogP contribution >= 0.6 is 7.82 Å². The Balaban J connectivity index is 3.78. The second-order valence-electron chi connectivity index (χ2n) is 13.5. The van der Waals surface area contributed by atoms with Crippen LogP contribution in [0.1, 0.15) is 137 Å². The van der Waals surface area contributed by atoms with Crippen molar-refractivity contribution in [2.75, 3.05) is 54.1 Å². The highest BCUT2D eigenvalue weighted by Crippen LogP contribution is 2.43. The summed E-state index contributed by atoms with van der Waals surface area (Å²) in [4.78, 5) is 10.0. The molecule has 0 aliphatic heterocycles. The second-order valence-corrected chi connectivity index (χ2v) is 15.0. The highest BCUT2D eigenvalue weighted by atomic mass is 31.2. The van der Waals surface area contributed by atoms with Crippen LogP contribution in [-0.2, 0) is 23.1 Å². The van der Waals surface area contributed by atoms with Crippen molar-refractivity contribution in [1.82, 2.24) is 0 Å². The Morgan fingerprint density at radius 2 is 1.20 bits per heavy atom. The third kappa shape index (κ3) is 32.5. The Morgan fingerprint density at radius 1 is 0.707 bits per heavy atom. The molecule has 2 atom stereocenters. The van der Waals surface area contributed by atoms with Gasteiger partial charge < -0.3 is 18.9 Å². The lowest BCUT2D eigenvalue weighted by atomic mass is 10.1. The SMILES string of the molecule is CCCCCCCCCC/C=C\CCCCCCCCCOC[C@H](COP(=O)(O)OCC[N+](C)(C)C)OC(C)(C)C. The van der Waals surface area contributed by atoms with E-state index in [2.05, 4.69) is 19.1 Å². The number of quaternary nitrogens is 1. The van der Waals surface area contributed by atoms with E-state index in [9.17, 15) is 9.46 Å². The van der Waals surface area contributed by atoms with Crippen molar-refractivity contribution in [2.24, 2.45) is 0 Å². The van der Waals surface area contributed by atoms with Crippen molar-refractivity contribution in [3.8, 4) is 0 Å². The summed E-state index contributed by atoms with van der Waals surface area (Å²) in [6.07, 6.45) is 26.6. The van der Waals surface area contributed by atoms with Gasteiger partial charge in [-0.1, -0.05) is 96.1 Å². The van der Waals surface area contributed by atoms with Crippen molar-refractivity contribution in [2.45, 2.75) is 149 Å². The van der Waals surface area contributed by atoms with Gasteiger partial charge in [0, 0.05) is 6.61 Å². The molecule has 0 saturated carbocycles. The predicted octanol–water partition coefficient (Wildman–Crippen LogP) is 9.23. The number of nitrogens with zero attached hydrogens (tertiary/aromatic N) is 1. The van der Waals surface area contributed by atoms with Crippen LogP contribution in [0.5, 0.6) is 0 Å². The summed E-state index contributed by atoms with van der Waals surface area (Å²) >= 11 is 0. The van der Waals surface area contributed by atoms with Crippen LogP contribution in [0.3, 0.4) is 0 Å². The fourth-order valence-corrected chi connectivity index (χ4v) is 5.20. The van der Waals surface area contributed by atoms with Gasteiger partial charge in [0.15, 0.2) is 0 Å². The molecular formula is C33H69NO6P+. The Morgan fingerprint density at radius 3 is 1.68 bits per heavy atom. The lowest BCUT2D eigenvalue weighted by molar-refractivity contribution is -0.870. The van der Waals surface area contributed by atoms with E-state index < -0.39 is 19.5 Å². The van der Waals surface area contributed by atoms with Crippen LogP contribution in [0.15, 0.2) is 12.2 Å². The molecule has 1 unspecified atom stereocenters. The standard InChI is InChI=1S/C33H68NO6P/c1-8-9-10-11-12-13-14-15-16-17-18-19-20-21-22-23-24-25-26-28-37-30-32(40-33(2,3)4)31-39-41(35,36)38-29-27-34(5,6)7/h17-18,32H,8-16,19-31H2,1-7H3/p+1/b18-17-/t32-/m1/s1. The van der Waals surface area contributed by atoms with E-state index in [4.69, 9.17) is 18.5 Å². The molecule has 0 spiro atoms. The molecule has 0 heterocycles. The van der Waals surface area contributed by atoms with Crippen LogP contribution in [-0.4, -0.2) is 75.2 Å². The maximum absolute atomic E-state index is 12.2. The van der Waals surface area contributed by atoms with Crippen molar-refractivity contribution in [1.29, 1.82) is 0 Å². The number of phosphoric acid groups is 1. The molecule has 0 aliphatic rings. The summed E-state index contributed by atoms with van der Waals surface area (Å²) in [6, 6.07) is 0. The molecule has 7 nitrogen and oxygen atoms in total. The lowest BCUT2D eigenvalue weighted by Crippen LogP contribution is -2.37. The number of allylic oxidation sites excluding steroid dienone is 2. The van der Waals surface area contributed by atoms with Crippen molar-refractivity contribution >= 4 is 7.82 Å². The topological polar surface area (TPSA) is 74.2 Å². The van der Waals surface area contributed by atoms with E-state index in [-0.39, 0.29) is 13.2 Å². The molecule has 41 heavy (non-hydrogen) atoms. The second kappa shape index (κ2) is 25.1. The van der Waals surface area contributed by atoms with Gasteiger partial charge in [-0.2, -0.15) is 0 Å². The van der Waals surface area contributed by atoms with Gasteiger partial charge in [0.25, 0.3) is 0 Å². The van der Waals surface area contributed by atoms with E-state index in [1.165, 1.54) is 96.3 Å². The minimum Gasteiger partial charge on any atom is -0.379 e. The van der Waals surface area contributed by atoms with Crippen molar-refractivity contribution in [3.05, 3.63) is 12.2 Å². The molecule has 0 amide bonds. The zero-order chi connectivity index (χ0) is 30.9. The molecule has 0 aliphatic carbocycles. The molecule has 0 radical (unpaired) electrons. The number of likely N-dealkylation sites (N-methyl/N-ethyl adjacent to an activating group) is 1. The molecule has 0 aromatic carbocycles. The molecule has 0 bridgehead atoms. The smallest absolute Gasteiger partial charge is 0.379 e. The van der Waals surface area contributed by atoms with E-state index in [1.54, 1.807) is 0 Å². The van der Waals surface area contributed by atoms with E-state index in [0.717, 1.165) is 12.8 Å². The molecule has 1 N–H and O–H groups in total. The quantitative estimate of drug-likeness (QED) is 0.0396. The van der Waals surface area contributed by atoms with E-state index in [0.29, 0.717) is 24.2 Å². The van der Waals surface area contributed by atoms with Gasteiger partial charge in [-0.3, -0.25) is 9.05 Å². The highest BCUT2D eigenvalue weighted by molar-refractivity contribution is 7.47. The van der Waals surface area contributed by atoms with Gasteiger partial charge in [-0.15, -0.1) is 0 Å². The highest BCUT2D eigenvalue weighted by Gasteiger charge is 2.27. The minimum atomic E-state index is -4.13. The maximum atomic E-state index is 12.2. The number of ether oxygens (including phenoxy) is 2. The van der Waals surface area contributed by atoms with Gasteiger partial charge in [-0.05, 0) is 52.9 Å². The Labute approximate surface area is 254 Å². The molecule has 0 aromatic heterocycles. The lowest BCUT2D eigenvalue weighted by Gasteiger charge is -2.28. The summed E-state index contributed by atoms with van der Waals surface area (Å²) in [6.45, 7) is 9.81. The molecule has 0 aromatic rings. The molecule has 8 heteroatoms. The fraction of sp³-hybridized carbons (Fsp3) is 0.939. The largest absolute Gasteiger partial charge is 0.472 e. The number of unbranched alkanes of at least 4 members (excludes halogenated alkanes) is 15. The number of rotatable bonds is 29. The normalized spacial score (nSPS) is 15.0. The van der Waals surface area contributed by atoms with Crippen LogP contribution in [0.25, 0.3) is 0 Å². The molecular weight excluding hydrogens is 537 g/mol. The van der Waals surface area contributed by atoms with Gasteiger partial charge in [0.05, 0.1) is 40.0 Å². The first-order valence-corrected chi connectivity index (χ1v) is 18.2. The van der Waals surface area contributed by atoms with Crippen LogP contribution in [0.2, 0.25) is 0 Å². The Kier molecular flexibility index (Phi) is 24.9. The van der Waals surface area contributed by atoms with Gasteiger partial charge in [0.1, 0.15) is 19.3 Å². The predicted molar refractivity (Wildman–Crippen MR) is 173 cm³/mol. The summed E-state index contributed by atoms with van der Waals surface area (Å²) in [5.41, 5.74) is -0.412. The third-order valence-electron chi connectivity index (χ3n) is 6.81. The van der Waals surface area contributed by atoms with Crippen molar-refractivity contribution < 1.29 is 32.5 Å². The van der Waals surface area contributed by atoms with Gasteiger partial charge >= 0.3 is 7.82 Å². The number of hydrogen-bond donors (Lipinski definition) is 1. The summed E-state index contributed by atoms with van der Waals surface area (Å²) in [5, 5.41) is 0. The first-order chi connectivity index (χ1) is 19.3. The summed E-state index contributed by atoms with van der Waals surface area (Å²) < 4.78 is 35.0. The monoisotopic (exact) mass is 606 g/mol. The third-order valence-corrected chi connectivity index (χ3v) is 7.80. The Bertz CT molecular complexity index is 659. The number of phosphoric ester groups is 1. The molecule has 246 valence electrons. The van der Waals surface area contributed by atoms with Crippen LogP contribution < -0.4 is 0 Å². The molecule has 0 rings (SSSR count). The van der Waals surface area contributed by atoms with E-state index >= 15 is 0 Å². The first kappa shape index (κ1) is 40.7. The zero-order valence-electron chi connectivity index (χ0n) is 28.2. The van der Waals surface area contributed by atoms with E-state index in [1.807, 2.05) is 41.9 Å². The Hall–Kier alpha value is -0.270. The van der Waals surface area contributed by atoms with Gasteiger partial charge in [-0.25, -0.2) is 4.57 Å². The van der Waals surface area contributed by atoms with Gasteiger partial charge in [0.2, 0.25) is 0 Å². The molecule has 0 saturated heterocycles. The van der Waals surface area contributed by atoms with Crippen LogP contribution in [0.4, 0.5) is 0 Å². The summed E-state index contributed by atoms with van der Waals surface area (Å²) in [5.74, 6) is 0. The maximum Gasteiger partial charge on any atom is 0.472 e. The average Bonchev–Trinajstić information content (AvgIpc) is 2.86. The fourth-order valence-electron chi connectivity index (χ4n) is 4.46. The molecule has 0 fully saturated rings.